The molecule has 0 unspecified atom stereocenters. The highest BCUT2D eigenvalue weighted by molar-refractivity contribution is 5.88. The Morgan fingerprint density at radius 1 is 0.769 bits per heavy atom. The van der Waals surface area contributed by atoms with Crippen LogP contribution in [0, 0.1) is 0 Å². The molecule has 0 saturated carbocycles. The van der Waals surface area contributed by atoms with Crippen molar-refractivity contribution in [1.29, 1.82) is 0 Å². The Kier molecular flexibility index (Phi) is 5.14. The van der Waals surface area contributed by atoms with Crippen LogP contribution in [-0.2, 0) is 0 Å². The van der Waals surface area contributed by atoms with Crippen molar-refractivity contribution in [2.45, 2.75) is 6.10 Å². The smallest absolute Gasteiger partial charge is 0.161 e. The summed E-state index contributed by atoms with van der Waals surface area (Å²) in [5.74, 6) is 2.34. The minimum atomic E-state index is -0.934. The van der Waals surface area contributed by atoms with Crippen molar-refractivity contribution < 1.29 is 24.1 Å². The van der Waals surface area contributed by atoms with E-state index in [-0.39, 0.29) is 0 Å². The molecule has 0 saturated heterocycles. The summed E-state index contributed by atoms with van der Waals surface area (Å²) in [5, 5.41) is 12.6. The predicted molar refractivity (Wildman–Crippen MR) is 98.5 cm³/mol. The van der Waals surface area contributed by atoms with Gasteiger partial charge >= 0.3 is 0 Å². The van der Waals surface area contributed by atoms with Gasteiger partial charge in [0.25, 0.3) is 0 Å². The largest absolute Gasteiger partial charge is 0.493 e. The molecule has 0 aliphatic rings. The Bertz CT molecular complexity index is 925. The fourth-order valence-electron chi connectivity index (χ4n) is 2.92. The zero-order chi connectivity index (χ0) is 18.7. The number of aliphatic hydroxyl groups excluding tert-OH is 1. The number of nitrogens with zero attached hydrogens (tertiary/aromatic N) is 1. The quantitative estimate of drug-likeness (QED) is 0.731. The first-order valence-corrected chi connectivity index (χ1v) is 8.03. The summed E-state index contributed by atoms with van der Waals surface area (Å²) in [6, 6.07) is 10.8. The van der Waals surface area contributed by atoms with Crippen LogP contribution in [0.4, 0.5) is 0 Å². The van der Waals surface area contributed by atoms with E-state index < -0.39 is 6.10 Å². The van der Waals surface area contributed by atoms with Gasteiger partial charge in [0.1, 0.15) is 6.10 Å². The van der Waals surface area contributed by atoms with Crippen molar-refractivity contribution >= 4 is 10.8 Å². The number of ether oxygens (including phenoxy) is 4. The van der Waals surface area contributed by atoms with E-state index >= 15 is 0 Å². The summed E-state index contributed by atoms with van der Waals surface area (Å²) in [4.78, 5) is 4.39. The molecule has 26 heavy (non-hydrogen) atoms. The van der Waals surface area contributed by atoms with Crippen LogP contribution in [0.15, 0.2) is 42.6 Å². The number of methoxy groups -OCH3 is 4. The zero-order valence-electron chi connectivity index (χ0n) is 15.1. The molecule has 0 fully saturated rings. The molecule has 1 atom stereocenters. The van der Waals surface area contributed by atoms with Crippen LogP contribution in [0.5, 0.6) is 23.0 Å². The lowest BCUT2D eigenvalue weighted by Crippen LogP contribution is -2.04. The van der Waals surface area contributed by atoms with E-state index in [1.807, 2.05) is 18.2 Å². The van der Waals surface area contributed by atoms with Gasteiger partial charge in [0, 0.05) is 11.6 Å². The third-order valence-electron chi connectivity index (χ3n) is 4.28. The van der Waals surface area contributed by atoms with Gasteiger partial charge in [0.2, 0.25) is 0 Å². The zero-order valence-corrected chi connectivity index (χ0v) is 15.1. The van der Waals surface area contributed by atoms with Crippen molar-refractivity contribution in [2.75, 3.05) is 28.4 Å². The molecule has 0 amide bonds. The van der Waals surface area contributed by atoms with Gasteiger partial charge in [0.15, 0.2) is 23.0 Å². The highest BCUT2D eigenvalue weighted by atomic mass is 16.5. The van der Waals surface area contributed by atoms with Crippen molar-refractivity contribution in [2.24, 2.45) is 0 Å². The molecule has 6 nitrogen and oxygen atoms in total. The Balaban J connectivity index is 2.12. The molecule has 3 aromatic rings. The fourth-order valence-corrected chi connectivity index (χ4v) is 2.92. The Labute approximate surface area is 151 Å². The maximum Gasteiger partial charge on any atom is 0.161 e. The Morgan fingerprint density at radius 3 is 2.04 bits per heavy atom. The predicted octanol–water partition coefficient (Wildman–Crippen LogP) is 3.35. The number of hydrogen-bond acceptors (Lipinski definition) is 6. The van der Waals surface area contributed by atoms with E-state index in [4.69, 9.17) is 18.9 Å². The van der Waals surface area contributed by atoms with Gasteiger partial charge in [-0.15, -0.1) is 0 Å². The fraction of sp³-hybridized carbons (Fsp3) is 0.250. The average molecular weight is 355 g/mol. The van der Waals surface area contributed by atoms with Crippen molar-refractivity contribution in [3.8, 4) is 23.0 Å². The third-order valence-corrected chi connectivity index (χ3v) is 4.28. The van der Waals surface area contributed by atoms with Crippen LogP contribution in [0.2, 0.25) is 0 Å². The van der Waals surface area contributed by atoms with E-state index in [1.54, 1.807) is 52.8 Å². The lowest BCUT2D eigenvalue weighted by Gasteiger charge is -2.16. The van der Waals surface area contributed by atoms with Crippen molar-refractivity contribution in [1.82, 2.24) is 4.98 Å². The molecular weight excluding hydrogens is 334 g/mol. The van der Waals surface area contributed by atoms with Gasteiger partial charge in [-0.3, -0.25) is 4.98 Å². The number of benzene rings is 2. The molecule has 136 valence electrons. The van der Waals surface area contributed by atoms with E-state index in [9.17, 15) is 5.11 Å². The van der Waals surface area contributed by atoms with Gasteiger partial charge < -0.3 is 24.1 Å². The van der Waals surface area contributed by atoms with Gasteiger partial charge in [-0.05, 0) is 41.3 Å². The number of aromatic nitrogens is 1. The second-order valence-electron chi connectivity index (χ2n) is 5.64. The molecule has 0 radical (unpaired) electrons. The molecule has 3 rings (SSSR count). The molecular formula is C20H21NO5. The van der Waals surface area contributed by atoms with Gasteiger partial charge in [0.05, 0.1) is 34.1 Å². The number of rotatable bonds is 6. The monoisotopic (exact) mass is 355 g/mol. The number of aliphatic hydroxyl groups is 1. The number of hydrogen-bond donors (Lipinski definition) is 1. The summed E-state index contributed by atoms with van der Waals surface area (Å²) in [7, 11) is 6.29. The molecule has 1 N–H and O–H groups in total. The number of fused-ring (bicyclic) bond motifs is 1. The highest BCUT2D eigenvalue weighted by Gasteiger charge is 2.19. The maximum absolute atomic E-state index is 10.9. The van der Waals surface area contributed by atoms with Crippen LogP contribution < -0.4 is 18.9 Å². The lowest BCUT2D eigenvalue weighted by atomic mass is 10.00. The van der Waals surface area contributed by atoms with E-state index in [0.29, 0.717) is 34.3 Å². The normalized spacial score (nSPS) is 11.9. The summed E-state index contributed by atoms with van der Waals surface area (Å²) in [5.41, 5.74) is 1.17. The molecule has 0 aliphatic heterocycles. The van der Waals surface area contributed by atoms with E-state index in [1.165, 1.54) is 0 Å². The first-order chi connectivity index (χ1) is 12.6. The Morgan fingerprint density at radius 2 is 1.38 bits per heavy atom. The van der Waals surface area contributed by atoms with Crippen molar-refractivity contribution in [3.05, 3.63) is 53.9 Å². The van der Waals surface area contributed by atoms with Crippen LogP contribution in [0.3, 0.4) is 0 Å². The SMILES string of the molecule is COc1ccc([C@@H](O)c2nccc3cc(OC)c(OC)cc23)cc1OC. The van der Waals surface area contributed by atoms with E-state index in [0.717, 1.165) is 10.8 Å². The summed E-state index contributed by atoms with van der Waals surface area (Å²) < 4.78 is 21.3. The molecule has 1 aromatic heterocycles. The molecule has 0 spiro atoms. The average Bonchev–Trinajstić information content (AvgIpc) is 2.70. The van der Waals surface area contributed by atoms with Crippen molar-refractivity contribution in [3.63, 3.8) is 0 Å². The second-order valence-corrected chi connectivity index (χ2v) is 5.64. The minimum absolute atomic E-state index is 0.524. The number of pyridine rings is 1. The maximum atomic E-state index is 10.9. The topological polar surface area (TPSA) is 70.0 Å². The first kappa shape index (κ1) is 17.8. The van der Waals surface area contributed by atoms with E-state index in [2.05, 4.69) is 4.98 Å². The van der Waals surface area contributed by atoms with Crippen LogP contribution in [-0.4, -0.2) is 38.5 Å². The van der Waals surface area contributed by atoms with Crippen LogP contribution in [0.1, 0.15) is 17.4 Å². The van der Waals surface area contributed by atoms with Crippen LogP contribution >= 0.6 is 0 Å². The second kappa shape index (κ2) is 7.49. The molecule has 0 aliphatic carbocycles. The Hall–Kier alpha value is -2.99. The lowest BCUT2D eigenvalue weighted by molar-refractivity contribution is 0.216. The summed E-state index contributed by atoms with van der Waals surface area (Å²) in [6.45, 7) is 0. The standard InChI is InChI=1S/C20H21NO5/c1-23-15-6-5-13(10-16(15)24-2)20(22)19-14-11-18(26-4)17(25-3)9-12(14)7-8-21-19/h5-11,20,22H,1-4H3/t20-/m1/s1. The van der Waals surface area contributed by atoms with Gasteiger partial charge in [-0.2, -0.15) is 0 Å². The molecule has 1 heterocycles. The van der Waals surface area contributed by atoms with Crippen LogP contribution in [0.25, 0.3) is 10.8 Å². The van der Waals surface area contributed by atoms with Gasteiger partial charge in [-0.1, -0.05) is 6.07 Å². The summed E-state index contributed by atoms with van der Waals surface area (Å²) >= 11 is 0. The molecule has 6 heteroatoms. The highest BCUT2D eigenvalue weighted by Crippen LogP contribution is 2.37. The minimum Gasteiger partial charge on any atom is -0.493 e. The molecule has 0 bridgehead atoms. The summed E-state index contributed by atoms with van der Waals surface area (Å²) in [6.07, 6.45) is 0.727. The molecule has 2 aromatic carbocycles. The van der Waals surface area contributed by atoms with Gasteiger partial charge in [-0.25, -0.2) is 0 Å². The first-order valence-electron chi connectivity index (χ1n) is 8.03. The third kappa shape index (κ3) is 3.11.